The maximum atomic E-state index is 12.6. The number of aryl methyl sites for hydroxylation is 1. The third kappa shape index (κ3) is 6.70. The summed E-state index contributed by atoms with van der Waals surface area (Å²) in [6.07, 6.45) is 7.22. The first-order chi connectivity index (χ1) is 13.8. The molecule has 2 unspecified atom stereocenters. The van der Waals surface area contributed by atoms with E-state index in [1.807, 2.05) is 20.8 Å². The van der Waals surface area contributed by atoms with Crippen molar-refractivity contribution in [2.24, 2.45) is 17.8 Å². The normalized spacial score (nSPS) is 23.8. The Morgan fingerprint density at radius 1 is 1.21 bits per heavy atom. The van der Waals surface area contributed by atoms with E-state index < -0.39 is 5.60 Å². The third-order valence-corrected chi connectivity index (χ3v) is 6.33. The minimum atomic E-state index is -0.404. The fourth-order valence-electron chi connectivity index (χ4n) is 4.74. The molecule has 2 aliphatic rings. The molecule has 2 atom stereocenters. The van der Waals surface area contributed by atoms with Gasteiger partial charge in [-0.05, 0) is 83.9 Å². The van der Waals surface area contributed by atoms with E-state index in [-0.39, 0.29) is 11.9 Å². The Kier molecular flexibility index (Phi) is 7.55. The van der Waals surface area contributed by atoms with Crippen LogP contribution >= 0.6 is 0 Å². The van der Waals surface area contributed by atoms with E-state index in [2.05, 4.69) is 40.3 Å². The van der Waals surface area contributed by atoms with E-state index in [1.54, 1.807) is 0 Å². The van der Waals surface area contributed by atoms with Crippen LogP contribution in [-0.2, 0) is 9.53 Å². The summed E-state index contributed by atoms with van der Waals surface area (Å²) in [5, 5.41) is 3.38. The quantitative estimate of drug-likeness (QED) is 0.719. The van der Waals surface area contributed by atoms with E-state index in [0.717, 1.165) is 56.5 Å². The van der Waals surface area contributed by atoms with Crippen molar-refractivity contribution in [3.05, 3.63) is 23.9 Å². The monoisotopic (exact) mass is 401 g/mol. The van der Waals surface area contributed by atoms with Crippen molar-refractivity contribution in [2.45, 2.75) is 71.8 Å². The van der Waals surface area contributed by atoms with Gasteiger partial charge >= 0.3 is 5.97 Å². The van der Waals surface area contributed by atoms with Crippen LogP contribution < -0.4 is 10.2 Å². The molecule has 2 fully saturated rings. The van der Waals surface area contributed by atoms with Gasteiger partial charge in [-0.1, -0.05) is 18.9 Å². The number of pyridine rings is 1. The smallest absolute Gasteiger partial charge is 0.311 e. The van der Waals surface area contributed by atoms with Gasteiger partial charge in [0.25, 0.3) is 0 Å². The van der Waals surface area contributed by atoms with Gasteiger partial charge in [0.2, 0.25) is 0 Å². The lowest BCUT2D eigenvalue weighted by atomic mass is 9.81. The number of ether oxygens (including phenoxy) is 1. The van der Waals surface area contributed by atoms with Gasteiger partial charge in [0.05, 0.1) is 5.92 Å². The summed E-state index contributed by atoms with van der Waals surface area (Å²) in [5.74, 6) is 2.38. The van der Waals surface area contributed by atoms with Crippen LogP contribution in [0.2, 0.25) is 0 Å². The summed E-state index contributed by atoms with van der Waals surface area (Å²) in [6.45, 7) is 11.9. The van der Waals surface area contributed by atoms with Crippen molar-refractivity contribution in [3.8, 4) is 0 Å². The Balaban J connectivity index is 1.42. The molecule has 0 aromatic carbocycles. The number of carbonyl (C=O) groups is 1. The average Bonchev–Trinajstić information content (AvgIpc) is 2.67. The number of anilines is 1. The van der Waals surface area contributed by atoms with E-state index in [4.69, 9.17) is 4.74 Å². The zero-order valence-corrected chi connectivity index (χ0v) is 18.7. The van der Waals surface area contributed by atoms with Crippen LogP contribution in [0.4, 0.5) is 5.82 Å². The first kappa shape index (κ1) is 22.1. The molecule has 0 spiro atoms. The summed E-state index contributed by atoms with van der Waals surface area (Å²) >= 11 is 0. The average molecular weight is 402 g/mol. The second kappa shape index (κ2) is 9.92. The molecule has 5 heteroatoms. The van der Waals surface area contributed by atoms with Gasteiger partial charge in [-0.15, -0.1) is 0 Å². The summed E-state index contributed by atoms with van der Waals surface area (Å²) in [6, 6.07) is 6.28. The van der Waals surface area contributed by atoms with Crippen molar-refractivity contribution in [3.63, 3.8) is 0 Å². The van der Waals surface area contributed by atoms with Crippen molar-refractivity contribution < 1.29 is 9.53 Å². The van der Waals surface area contributed by atoms with Gasteiger partial charge in [0, 0.05) is 25.3 Å². The van der Waals surface area contributed by atoms with Crippen LogP contribution in [0.3, 0.4) is 0 Å². The lowest BCUT2D eigenvalue weighted by molar-refractivity contribution is -0.162. The molecule has 3 heterocycles. The van der Waals surface area contributed by atoms with Gasteiger partial charge in [-0.2, -0.15) is 0 Å². The highest BCUT2D eigenvalue weighted by Crippen LogP contribution is 2.30. The van der Waals surface area contributed by atoms with Crippen molar-refractivity contribution in [2.75, 3.05) is 31.1 Å². The number of hydrogen-bond acceptors (Lipinski definition) is 5. The van der Waals surface area contributed by atoms with E-state index in [0.29, 0.717) is 5.92 Å². The van der Waals surface area contributed by atoms with E-state index >= 15 is 0 Å². The molecule has 0 saturated carbocycles. The molecule has 0 amide bonds. The van der Waals surface area contributed by atoms with Crippen LogP contribution in [0.15, 0.2) is 18.2 Å². The second-order valence-corrected chi connectivity index (χ2v) is 9.89. The van der Waals surface area contributed by atoms with E-state index in [9.17, 15) is 4.79 Å². The topological polar surface area (TPSA) is 54.5 Å². The van der Waals surface area contributed by atoms with Crippen LogP contribution in [-0.4, -0.2) is 42.7 Å². The fourth-order valence-corrected chi connectivity index (χ4v) is 4.74. The molecule has 29 heavy (non-hydrogen) atoms. The molecule has 1 aromatic heterocycles. The second-order valence-electron chi connectivity index (χ2n) is 9.89. The number of nitrogens with zero attached hydrogens (tertiary/aromatic N) is 2. The summed E-state index contributed by atoms with van der Waals surface area (Å²) < 4.78 is 5.68. The number of rotatable bonds is 6. The SMILES string of the molecule is Cc1cccc(N2CCC(CCCC3CCNCC3C(=O)OC(C)(C)C)CC2)n1. The first-order valence-electron chi connectivity index (χ1n) is 11.4. The number of nitrogens with one attached hydrogen (secondary N) is 1. The lowest BCUT2D eigenvalue weighted by Gasteiger charge is -2.34. The Hall–Kier alpha value is -1.62. The molecule has 0 bridgehead atoms. The van der Waals surface area contributed by atoms with Crippen molar-refractivity contribution in [1.82, 2.24) is 10.3 Å². The summed E-state index contributed by atoms with van der Waals surface area (Å²) in [7, 11) is 0. The minimum absolute atomic E-state index is 0.0113. The molecule has 3 rings (SSSR count). The molecule has 5 nitrogen and oxygen atoms in total. The van der Waals surface area contributed by atoms with Gasteiger partial charge < -0.3 is 15.0 Å². The molecule has 0 aliphatic carbocycles. The van der Waals surface area contributed by atoms with Crippen LogP contribution in [0.1, 0.15) is 65.0 Å². The number of hydrogen-bond donors (Lipinski definition) is 1. The largest absolute Gasteiger partial charge is 0.460 e. The maximum absolute atomic E-state index is 12.6. The fraction of sp³-hybridized carbons (Fsp3) is 0.750. The Morgan fingerprint density at radius 3 is 2.66 bits per heavy atom. The maximum Gasteiger partial charge on any atom is 0.311 e. The molecule has 2 aliphatic heterocycles. The first-order valence-corrected chi connectivity index (χ1v) is 11.4. The highest BCUT2D eigenvalue weighted by Gasteiger charge is 2.34. The molecule has 1 aromatic rings. The Labute approximate surface area is 176 Å². The summed E-state index contributed by atoms with van der Waals surface area (Å²) in [5.41, 5.74) is 0.685. The highest BCUT2D eigenvalue weighted by molar-refractivity contribution is 5.73. The minimum Gasteiger partial charge on any atom is -0.460 e. The molecular formula is C24H39N3O2. The van der Waals surface area contributed by atoms with Crippen molar-refractivity contribution in [1.29, 1.82) is 0 Å². The third-order valence-electron chi connectivity index (χ3n) is 6.33. The van der Waals surface area contributed by atoms with Gasteiger partial charge in [-0.25, -0.2) is 4.98 Å². The van der Waals surface area contributed by atoms with Crippen LogP contribution in [0, 0.1) is 24.7 Å². The van der Waals surface area contributed by atoms with Gasteiger partial charge in [0.1, 0.15) is 11.4 Å². The Bertz CT molecular complexity index is 662. The predicted octanol–water partition coefficient (Wildman–Crippen LogP) is 4.34. The molecular weight excluding hydrogens is 362 g/mol. The predicted molar refractivity (Wildman–Crippen MR) is 118 cm³/mol. The molecule has 162 valence electrons. The number of aromatic nitrogens is 1. The number of piperidine rings is 2. The van der Waals surface area contributed by atoms with Crippen molar-refractivity contribution >= 4 is 11.8 Å². The number of esters is 1. The lowest BCUT2D eigenvalue weighted by Crippen LogP contribution is -2.43. The standard InChI is InChI=1S/C24H39N3O2/c1-18-7-5-10-22(26-18)27-15-12-19(13-16-27)8-6-9-20-11-14-25-17-21(20)23(28)29-24(2,3)4/h5,7,10,19-21,25H,6,8-9,11-17H2,1-4H3. The van der Waals surface area contributed by atoms with Crippen LogP contribution in [0.5, 0.6) is 0 Å². The zero-order valence-electron chi connectivity index (χ0n) is 18.7. The molecule has 0 radical (unpaired) electrons. The number of carbonyl (C=O) groups excluding carboxylic acids is 1. The molecule has 2 saturated heterocycles. The van der Waals surface area contributed by atoms with Gasteiger partial charge in [0.15, 0.2) is 0 Å². The molecule has 1 N–H and O–H groups in total. The van der Waals surface area contributed by atoms with E-state index in [1.165, 1.54) is 25.7 Å². The zero-order chi connectivity index (χ0) is 20.9. The highest BCUT2D eigenvalue weighted by atomic mass is 16.6. The summed E-state index contributed by atoms with van der Waals surface area (Å²) in [4.78, 5) is 19.7. The van der Waals surface area contributed by atoms with Gasteiger partial charge in [-0.3, -0.25) is 4.79 Å². The Morgan fingerprint density at radius 2 is 1.97 bits per heavy atom. The van der Waals surface area contributed by atoms with Crippen LogP contribution in [0.25, 0.3) is 0 Å².